The Morgan fingerprint density at radius 2 is 2.12 bits per heavy atom. The molecule has 0 saturated heterocycles. The molecule has 0 amide bonds. The molecule has 1 aromatic carbocycles. The Bertz CT molecular complexity index is 436. The molecule has 1 N–H and O–H groups in total. The molecule has 0 aliphatic heterocycles. The minimum atomic E-state index is 0.399. The summed E-state index contributed by atoms with van der Waals surface area (Å²) in [5, 5.41) is 0. The van der Waals surface area contributed by atoms with Crippen molar-refractivity contribution < 1.29 is 0 Å². The van der Waals surface area contributed by atoms with Crippen molar-refractivity contribution in [2.45, 2.75) is 31.3 Å². The van der Waals surface area contributed by atoms with Crippen LogP contribution < -0.4 is 4.72 Å². The van der Waals surface area contributed by atoms with E-state index in [0.717, 1.165) is 6.54 Å². The Morgan fingerprint density at radius 3 is 2.76 bits per heavy atom. The highest BCUT2D eigenvalue weighted by Crippen LogP contribution is 2.15. The Morgan fingerprint density at radius 1 is 1.35 bits per heavy atom. The zero-order valence-corrected chi connectivity index (χ0v) is 10.9. The number of benzene rings is 1. The van der Waals surface area contributed by atoms with Crippen LogP contribution in [-0.4, -0.2) is 15.6 Å². The third kappa shape index (κ3) is 3.91. The molecule has 4 heteroatoms. The summed E-state index contributed by atoms with van der Waals surface area (Å²) in [7, 11) is 0. The fourth-order valence-corrected chi connectivity index (χ4v) is 2.21. The number of nitrogens with zero attached hydrogens (tertiary/aromatic N) is 2. The Balaban J connectivity index is 1.79. The van der Waals surface area contributed by atoms with Gasteiger partial charge in [-0.15, -0.1) is 0 Å². The first-order valence-electron chi connectivity index (χ1n) is 5.69. The van der Waals surface area contributed by atoms with Crippen molar-refractivity contribution in [3.05, 3.63) is 48.5 Å². The molecular formula is C13H17N3S. The Kier molecular flexibility index (Phi) is 4.23. The molecule has 0 spiro atoms. The first kappa shape index (κ1) is 12.2. The molecule has 0 radical (unpaired) electrons. The predicted molar refractivity (Wildman–Crippen MR) is 71.9 cm³/mol. The summed E-state index contributed by atoms with van der Waals surface area (Å²) in [5.41, 5.74) is 1.29. The minimum absolute atomic E-state index is 0.399. The molecule has 2 rings (SSSR count). The van der Waals surface area contributed by atoms with E-state index in [4.69, 9.17) is 0 Å². The number of hydrogen-bond acceptors (Lipinski definition) is 3. The van der Waals surface area contributed by atoms with Crippen molar-refractivity contribution in [3.63, 3.8) is 0 Å². The maximum absolute atomic E-state index is 4.03. The van der Waals surface area contributed by atoms with Gasteiger partial charge in [0.1, 0.15) is 0 Å². The molecule has 0 fully saturated rings. The Hall–Kier alpha value is -1.26. The number of imidazole rings is 1. The van der Waals surface area contributed by atoms with Gasteiger partial charge in [-0.25, -0.2) is 4.98 Å². The molecule has 0 bridgehead atoms. The van der Waals surface area contributed by atoms with E-state index in [2.05, 4.69) is 52.4 Å². The van der Waals surface area contributed by atoms with Gasteiger partial charge in [0.05, 0.1) is 6.33 Å². The van der Waals surface area contributed by atoms with Gasteiger partial charge in [0.25, 0.3) is 0 Å². The summed E-state index contributed by atoms with van der Waals surface area (Å²) >= 11 is 1.68. The standard InChI is InChI=1S/C13H17N3S/c1-11-3-5-13(6-4-11)17-15-12(2)9-16-8-7-14-10-16/h3-8,10,12,15H,9H2,1-2H3. The highest BCUT2D eigenvalue weighted by molar-refractivity contribution is 7.97. The number of rotatable bonds is 5. The lowest BCUT2D eigenvalue weighted by Crippen LogP contribution is -2.24. The van der Waals surface area contributed by atoms with Crippen molar-refractivity contribution in [1.82, 2.24) is 14.3 Å². The lowest BCUT2D eigenvalue weighted by Gasteiger charge is -2.13. The third-order valence-corrected chi connectivity index (χ3v) is 3.47. The average molecular weight is 247 g/mol. The van der Waals surface area contributed by atoms with Crippen molar-refractivity contribution in [3.8, 4) is 0 Å². The van der Waals surface area contributed by atoms with Crippen LogP contribution in [-0.2, 0) is 6.54 Å². The van der Waals surface area contributed by atoms with Gasteiger partial charge >= 0.3 is 0 Å². The first-order chi connectivity index (χ1) is 8.24. The number of aromatic nitrogens is 2. The van der Waals surface area contributed by atoms with Gasteiger partial charge in [-0.2, -0.15) is 0 Å². The first-order valence-corrected chi connectivity index (χ1v) is 6.50. The van der Waals surface area contributed by atoms with Crippen LogP contribution in [0.5, 0.6) is 0 Å². The van der Waals surface area contributed by atoms with Crippen LogP contribution in [0.3, 0.4) is 0 Å². The van der Waals surface area contributed by atoms with Gasteiger partial charge in [-0.05, 0) is 37.9 Å². The van der Waals surface area contributed by atoms with Gasteiger partial charge in [0.2, 0.25) is 0 Å². The quantitative estimate of drug-likeness (QED) is 0.824. The average Bonchev–Trinajstić information content (AvgIpc) is 2.81. The summed E-state index contributed by atoms with van der Waals surface area (Å²) in [4.78, 5) is 5.28. The van der Waals surface area contributed by atoms with E-state index in [1.807, 2.05) is 12.5 Å². The molecule has 3 nitrogen and oxygen atoms in total. The largest absolute Gasteiger partial charge is 0.336 e. The van der Waals surface area contributed by atoms with E-state index in [0.29, 0.717) is 6.04 Å². The van der Waals surface area contributed by atoms with Crippen molar-refractivity contribution in [1.29, 1.82) is 0 Å². The summed E-state index contributed by atoms with van der Waals surface area (Å²) in [6.07, 6.45) is 5.63. The number of nitrogens with one attached hydrogen (secondary N) is 1. The summed E-state index contributed by atoms with van der Waals surface area (Å²) in [6, 6.07) is 8.93. The van der Waals surface area contributed by atoms with Crippen LogP contribution in [0, 0.1) is 6.92 Å². The maximum Gasteiger partial charge on any atom is 0.0946 e. The maximum atomic E-state index is 4.03. The second-order valence-electron chi connectivity index (χ2n) is 4.19. The van der Waals surface area contributed by atoms with Crippen molar-refractivity contribution in [2.24, 2.45) is 0 Å². The number of aryl methyl sites for hydroxylation is 1. The molecule has 90 valence electrons. The van der Waals surface area contributed by atoms with Gasteiger partial charge < -0.3 is 4.57 Å². The normalized spacial score (nSPS) is 12.6. The second-order valence-corrected chi connectivity index (χ2v) is 5.10. The van der Waals surface area contributed by atoms with Crippen LogP contribution in [0.2, 0.25) is 0 Å². The zero-order chi connectivity index (χ0) is 12.1. The lowest BCUT2D eigenvalue weighted by molar-refractivity contribution is 0.562. The fraction of sp³-hybridized carbons (Fsp3) is 0.308. The molecule has 1 atom stereocenters. The fourth-order valence-electron chi connectivity index (χ4n) is 1.52. The molecule has 1 aromatic heterocycles. The minimum Gasteiger partial charge on any atom is -0.336 e. The molecule has 17 heavy (non-hydrogen) atoms. The SMILES string of the molecule is Cc1ccc(SNC(C)Cn2ccnc2)cc1. The van der Waals surface area contributed by atoms with Gasteiger partial charge in [0.15, 0.2) is 0 Å². The monoisotopic (exact) mass is 247 g/mol. The van der Waals surface area contributed by atoms with Crippen LogP contribution in [0.4, 0.5) is 0 Å². The molecule has 1 heterocycles. The van der Waals surface area contributed by atoms with Crippen LogP contribution in [0.1, 0.15) is 12.5 Å². The van der Waals surface area contributed by atoms with Crippen molar-refractivity contribution >= 4 is 11.9 Å². The number of hydrogen-bond donors (Lipinski definition) is 1. The van der Waals surface area contributed by atoms with Crippen LogP contribution >= 0.6 is 11.9 Å². The molecule has 0 saturated carbocycles. The topological polar surface area (TPSA) is 29.9 Å². The van der Waals surface area contributed by atoms with E-state index in [9.17, 15) is 0 Å². The Labute approximate surface area is 106 Å². The predicted octanol–water partition coefficient (Wildman–Crippen LogP) is 2.88. The molecule has 0 aliphatic rings. The molecule has 1 unspecified atom stereocenters. The summed E-state index contributed by atoms with van der Waals surface area (Å²) < 4.78 is 5.50. The zero-order valence-electron chi connectivity index (χ0n) is 10.1. The van der Waals surface area contributed by atoms with Crippen LogP contribution in [0.15, 0.2) is 47.9 Å². The lowest BCUT2D eigenvalue weighted by atomic mass is 10.2. The van der Waals surface area contributed by atoms with Gasteiger partial charge in [0, 0.05) is 29.9 Å². The molecule has 2 aromatic rings. The van der Waals surface area contributed by atoms with Gasteiger partial charge in [-0.1, -0.05) is 17.7 Å². The van der Waals surface area contributed by atoms with E-state index in [1.54, 1.807) is 18.1 Å². The summed E-state index contributed by atoms with van der Waals surface area (Å²) in [6.45, 7) is 5.20. The van der Waals surface area contributed by atoms with Crippen LogP contribution in [0.25, 0.3) is 0 Å². The highest BCUT2D eigenvalue weighted by Gasteiger charge is 2.02. The molecular weight excluding hydrogens is 230 g/mol. The third-order valence-electron chi connectivity index (χ3n) is 2.44. The van der Waals surface area contributed by atoms with E-state index in [1.165, 1.54) is 10.5 Å². The van der Waals surface area contributed by atoms with E-state index < -0.39 is 0 Å². The smallest absolute Gasteiger partial charge is 0.0946 e. The molecule has 0 aliphatic carbocycles. The van der Waals surface area contributed by atoms with Gasteiger partial charge in [-0.3, -0.25) is 4.72 Å². The van der Waals surface area contributed by atoms with E-state index in [-0.39, 0.29) is 0 Å². The highest BCUT2D eigenvalue weighted by atomic mass is 32.2. The summed E-state index contributed by atoms with van der Waals surface area (Å²) in [5.74, 6) is 0. The van der Waals surface area contributed by atoms with E-state index >= 15 is 0 Å². The van der Waals surface area contributed by atoms with Crippen molar-refractivity contribution in [2.75, 3.05) is 0 Å². The second kappa shape index (κ2) is 5.89.